The summed E-state index contributed by atoms with van der Waals surface area (Å²) in [6.45, 7) is 8.61. The lowest BCUT2D eigenvalue weighted by Crippen LogP contribution is -2.33. The van der Waals surface area contributed by atoms with Crippen molar-refractivity contribution in [3.63, 3.8) is 0 Å². The molecule has 8 heteroatoms. The second-order valence-corrected chi connectivity index (χ2v) is 7.72. The minimum absolute atomic E-state index is 0.0239. The van der Waals surface area contributed by atoms with Crippen LogP contribution in [0.3, 0.4) is 0 Å². The Hall–Kier alpha value is -3.42. The molecule has 0 aliphatic carbocycles. The quantitative estimate of drug-likeness (QED) is 0.642. The summed E-state index contributed by atoms with van der Waals surface area (Å²) in [7, 11) is 0. The van der Waals surface area contributed by atoms with Gasteiger partial charge in [0, 0.05) is 5.56 Å². The molecule has 0 saturated carbocycles. The van der Waals surface area contributed by atoms with Crippen molar-refractivity contribution in [2.75, 3.05) is 11.9 Å². The third-order valence-electron chi connectivity index (χ3n) is 4.36. The fourth-order valence-corrected chi connectivity index (χ4v) is 2.85. The highest BCUT2D eigenvalue weighted by Crippen LogP contribution is 2.27. The highest BCUT2D eigenvalue weighted by atomic mass is 16.4. The SMILES string of the molecule is CC(=O)c1c(C)oc(NC(=O)CNC(=O)c2ccc(C(C)(C)C)cc2)c1C(N)=O. The van der Waals surface area contributed by atoms with E-state index in [2.05, 4.69) is 31.4 Å². The van der Waals surface area contributed by atoms with E-state index in [1.54, 1.807) is 12.1 Å². The van der Waals surface area contributed by atoms with Gasteiger partial charge in [0.1, 0.15) is 11.3 Å². The van der Waals surface area contributed by atoms with Crippen molar-refractivity contribution in [1.82, 2.24) is 5.32 Å². The molecule has 0 atom stereocenters. The van der Waals surface area contributed by atoms with Crippen LogP contribution in [0.1, 0.15) is 70.1 Å². The maximum absolute atomic E-state index is 12.3. The lowest BCUT2D eigenvalue weighted by molar-refractivity contribution is -0.115. The molecule has 0 bridgehead atoms. The van der Waals surface area contributed by atoms with Gasteiger partial charge in [0.15, 0.2) is 5.78 Å². The summed E-state index contributed by atoms with van der Waals surface area (Å²) in [5, 5.41) is 4.86. The number of benzene rings is 1. The van der Waals surface area contributed by atoms with Gasteiger partial charge >= 0.3 is 0 Å². The van der Waals surface area contributed by atoms with Crippen molar-refractivity contribution in [1.29, 1.82) is 0 Å². The van der Waals surface area contributed by atoms with Crippen molar-refractivity contribution in [3.05, 3.63) is 52.3 Å². The molecular formula is C21H25N3O5. The summed E-state index contributed by atoms with van der Waals surface area (Å²) in [4.78, 5) is 47.8. The molecule has 154 valence electrons. The Morgan fingerprint density at radius 2 is 1.62 bits per heavy atom. The number of carbonyl (C=O) groups is 4. The molecule has 4 N–H and O–H groups in total. The van der Waals surface area contributed by atoms with Crippen LogP contribution >= 0.6 is 0 Å². The van der Waals surface area contributed by atoms with Crippen molar-refractivity contribution in [2.45, 2.75) is 40.0 Å². The first kappa shape index (κ1) is 21.9. The zero-order valence-corrected chi connectivity index (χ0v) is 17.1. The number of ketones is 1. The Morgan fingerprint density at radius 3 is 2.10 bits per heavy atom. The van der Waals surface area contributed by atoms with Crippen molar-refractivity contribution in [2.24, 2.45) is 5.73 Å². The van der Waals surface area contributed by atoms with Crippen molar-refractivity contribution in [3.8, 4) is 0 Å². The molecular weight excluding hydrogens is 374 g/mol. The Morgan fingerprint density at radius 1 is 1.03 bits per heavy atom. The third-order valence-corrected chi connectivity index (χ3v) is 4.36. The van der Waals surface area contributed by atoms with Gasteiger partial charge in [-0.25, -0.2) is 0 Å². The standard InChI is InChI=1S/C21H25N3O5/c1-11(25)16-12(2)29-20(17(16)18(22)27)24-15(26)10-23-19(28)13-6-8-14(9-7-13)21(3,4)5/h6-9H,10H2,1-5H3,(H2,22,27)(H,23,28)(H,24,26). The summed E-state index contributed by atoms with van der Waals surface area (Å²) in [5.74, 6) is -2.40. The van der Waals surface area contributed by atoms with E-state index in [4.69, 9.17) is 10.2 Å². The van der Waals surface area contributed by atoms with Crippen LogP contribution in [0.5, 0.6) is 0 Å². The Bertz CT molecular complexity index is 965. The lowest BCUT2D eigenvalue weighted by Gasteiger charge is -2.19. The fraction of sp³-hybridized carbons (Fsp3) is 0.333. The van der Waals surface area contributed by atoms with Crippen LogP contribution in [0, 0.1) is 6.92 Å². The van der Waals surface area contributed by atoms with E-state index < -0.39 is 23.5 Å². The number of amides is 3. The van der Waals surface area contributed by atoms with Gasteiger partial charge in [-0.05, 0) is 37.0 Å². The molecule has 0 unspecified atom stereocenters. The van der Waals surface area contributed by atoms with Crippen LogP contribution in [0.25, 0.3) is 0 Å². The first-order valence-corrected chi connectivity index (χ1v) is 9.04. The predicted octanol–water partition coefficient (Wildman–Crippen LogP) is 2.56. The molecule has 0 aliphatic heterocycles. The largest absolute Gasteiger partial charge is 0.444 e. The van der Waals surface area contributed by atoms with Gasteiger partial charge < -0.3 is 15.5 Å². The third kappa shape index (κ3) is 5.10. The number of hydrogen-bond donors (Lipinski definition) is 3. The van der Waals surface area contributed by atoms with Crippen molar-refractivity contribution < 1.29 is 23.6 Å². The van der Waals surface area contributed by atoms with Gasteiger partial charge in [0.05, 0.1) is 12.1 Å². The molecule has 0 radical (unpaired) electrons. The van der Waals surface area contributed by atoms with Crippen LogP contribution in [-0.4, -0.2) is 30.0 Å². The maximum atomic E-state index is 12.3. The topological polar surface area (TPSA) is 132 Å². The van der Waals surface area contributed by atoms with E-state index in [1.807, 2.05) is 12.1 Å². The molecule has 2 rings (SSSR count). The molecule has 0 aliphatic rings. The summed E-state index contributed by atoms with van der Waals surface area (Å²) >= 11 is 0. The van der Waals surface area contributed by atoms with Gasteiger partial charge in [0.25, 0.3) is 11.8 Å². The number of nitrogens with two attached hydrogens (primary N) is 1. The number of anilines is 1. The van der Waals surface area contributed by atoms with Crippen LogP contribution in [0.4, 0.5) is 5.88 Å². The first-order chi connectivity index (χ1) is 13.4. The average Bonchev–Trinajstić information content (AvgIpc) is 2.95. The maximum Gasteiger partial charge on any atom is 0.255 e. The number of furan rings is 1. The molecule has 8 nitrogen and oxygen atoms in total. The van der Waals surface area contributed by atoms with E-state index in [0.29, 0.717) is 5.56 Å². The number of primary amides is 1. The molecule has 3 amide bonds. The molecule has 0 spiro atoms. The van der Waals surface area contributed by atoms with Crippen LogP contribution in [0.15, 0.2) is 28.7 Å². The summed E-state index contributed by atoms with van der Waals surface area (Å²) in [6, 6.07) is 7.11. The minimum atomic E-state index is -0.898. The Labute approximate surface area is 168 Å². The zero-order chi connectivity index (χ0) is 21.9. The number of Topliss-reactive ketones (excluding diaryl/α,β-unsaturated/α-hetero) is 1. The van der Waals surface area contributed by atoms with Gasteiger partial charge in [-0.15, -0.1) is 0 Å². The Kier molecular flexibility index (Phi) is 6.26. The molecule has 1 aromatic carbocycles. The van der Waals surface area contributed by atoms with Gasteiger partial charge in [-0.2, -0.15) is 0 Å². The summed E-state index contributed by atoms with van der Waals surface area (Å²) in [6.07, 6.45) is 0. The van der Waals surface area contributed by atoms with Gasteiger partial charge in [-0.1, -0.05) is 32.9 Å². The van der Waals surface area contributed by atoms with Crippen LogP contribution in [-0.2, 0) is 10.2 Å². The molecule has 1 aromatic heterocycles. The fourth-order valence-electron chi connectivity index (χ4n) is 2.85. The summed E-state index contributed by atoms with van der Waals surface area (Å²) in [5.41, 5.74) is 6.61. The van der Waals surface area contributed by atoms with E-state index in [-0.39, 0.29) is 34.7 Å². The van der Waals surface area contributed by atoms with Crippen molar-refractivity contribution >= 4 is 29.4 Å². The predicted molar refractivity (Wildman–Crippen MR) is 108 cm³/mol. The monoisotopic (exact) mass is 399 g/mol. The molecule has 2 aromatic rings. The zero-order valence-electron chi connectivity index (χ0n) is 17.1. The average molecular weight is 399 g/mol. The number of carbonyl (C=O) groups excluding carboxylic acids is 4. The second-order valence-electron chi connectivity index (χ2n) is 7.72. The van der Waals surface area contributed by atoms with E-state index in [9.17, 15) is 19.2 Å². The van der Waals surface area contributed by atoms with Gasteiger partial charge in [-0.3, -0.25) is 24.5 Å². The number of nitrogens with one attached hydrogen (secondary N) is 2. The minimum Gasteiger partial charge on any atom is -0.444 e. The number of aryl methyl sites for hydroxylation is 1. The summed E-state index contributed by atoms with van der Waals surface area (Å²) < 4.78 is 5.31. The van der Waals surface area contributed by atoms with E-state index in [1.165, 1.54) is 13.8 Å². The molecule has 1 heterocycles. The number of hydrogen-bond acceptors (Lipinski definition) is 5. The molecule has 0 saturated heterocycles. The normalized spacial score (nSPS) is 11.1. The highest BCUT2D eigenvalue weighted by molar-refractivity contribution is 6.12. The Balaban J connectivity index is 2.05. The van der Waals surface area contributed by atoms with E-state index in [0.717, 1.165) is 5.56 Å². The molecule has 29 heavy (non-hydrogen) atoms. The van der Waals surface area contributed by atoms with Gasteiger partial charge in [0.2, 0.25) is 11.8 Å². The number of rotatable bonds is 6. The lowest BCUT2D eigenvalue weighted by atomic mass is 9.87. The highest BCUT2D eigenvalue weighted by Gasteiger charge is 2.26. The van der Waals surface area contributed by atoms with Crippen LogP contribution in [0.2, 0.25) is 0 Å². The van der Waals surface area contributed by atoms with Crippen LogP contribution < -0.4 is 16.4 Å². The smallest absolute Gasteiger partial charge is 0.255 e. The van der Waals surface area contributed by atoms with E-state index >= 15 is 0 Å². The first-order valence-electron chi connectivity index (χ1n) is 9.04. The second kappa shape index (κ2) is 8.30. The molecule has 0 fully saturated rings.